The van der Waals surface area contributed by atoms with Gasteiger partial charge in [0, 0.05) is 35.6 Å². The van der Waals surface area contributed by atoms with Crippen molar-refractivity contribution >= 4 is 11.8 Å². The van der Waals surface area contributed by atoms with Gasteiger partial charge in [-0.25, -0.2) is 0 Å². The van der Waals surface area contributed by atoms with Crippen molar-refractivity contribution in [2.75, 3.05) is 12.8 Å². The molecule has 1 fully saturated rings. The van der Waals surface area contributed by atoms with Crippen molar-refractivity contribution in [1.82, 2.24) is 15.1 Å². The van der Waals surface area contributed by atoms with E-state index in [-0.39, 0.29) is 0 Å². The standard InChI is InChI=1S/C12H21N3S/c1-4-15-8-11(7-14-15)10(2)13-9-12(16-3)5-6-12/h7-8,10,13H,4-6,9H2,1-3H3. The molecule has 4 heteroatoms. The maximum atomic E-state index is 4.31. The normalized spacial score (nSPS) is 19.7. The van der Waals surface area contributed by atoms with Gasteiger partial charge in [0.25, 0.3) is 0 Å². The Morgan fingerprint density at radius 3 is 2.88 bits per heavy atom. The van der Waals surface area contributed by atoms with Crippen LogP contribution in [0.2, 0.25) is 0 Å². The summed E-state index contributed by atoms with van der Waals surface area (Å²) in [5.74, 6) is 0. The maximum absolute atomic E-state index is 4.31. The van der Waals surface area contributed by atoms with Crippen LogP contribution in [0.1, 0.15) is 38.3 Å². The summed E-state index contributed by atoms with van der Waals surface area (Å²) < 4.78 is 2.52. The number of aryl methyl sites for hydroxylation is 1. The van der Waals surface area contributed by atoms with Crippen LogP contribution in [0.25, 0.3) is 0 Å². The van der Waals surface area contributed by atoms with Crippen molar-refractivity contribution in [2.24, 2.45) is 0 Å². The smallest absolute Gasteiger partial charge is 0.0537 e. The highest BCUT2D eigenvalue weighted by Gasteiger charge is 2.41. The average molecular weight is 239 g/mol. The van der Waals surface area contributed by atoms with Gasteiger partial charge in [0.1, 0.15) is 0 Å². The summed E-state index contributed by atoms with van der Waals surface area (Å²) in [5.41, 5.74) is 1.29. The van der Waals surface area contributed by atoms with E-state index in [4.69, 9.17) is 0 Å². The summed E-state index contributed by atoms with van der Waals surface area (Å²) in [7, 11) is 0. The molecule has 1 aliphatic rings. The van der Waals surface area contributed by atoms with Gasteiger partial charge in [0.05, 0.1) is 6.20 Å². The maximum Gasteiger partial charge on any atom is 0.0537 e. The monoisotopic (exact) mass is 239 g/mol. The van der Waals surface area contributed by atoms with Gasteiger partial charge in [-0.15, -0.1) is 0 Å². The first-order valence-corrected chi connectivity index (χ1v) is 7.22. The zero-order chi connectivity index (χ0) is 11.6. The fourth-order valence-corrected chi connectivity index (χ4v) is 2.56. The molecule has 1 atom stereocenters. The van der Waals surface area contributed by atoms with Crippen molar-refractivity contribution in [3.63, 3.8) is 0 Å². The van der Waals surface area contributed by atoms with Gasteiger partial charge in [0.15, 0.2) is 0 Å². The van der Waals surface area contributed by atoms with Gasteiger partial charge in [-0.05, 0) is 32.9 Å². The van der Waals surface area contributed by atoms with Crippen LogP contribution in [0.5, 0.6) is 0 Å². The molecule has 1 aromatic heterocycles. The van der Waals surface area contributed by atoms with E-state index in [1.54, 1.807) is 0 Å². The second-order valence-corrected chi connectivity index (χ2v) is 5.89. The van der Waals surface area contributed by atoms with Gasteiger partial charge in [-0.1, -0.05) is 0 Å². The van der Waals surface area contributed by atoms with Crippen LogP contribution in [0, 0.1) is 0 Å². The van der Waals surface area contributed by atoms with E-state index in [1.807, 2.05) is 22.6 Å². The third-order valence-electron chi connectivity index (χ3n) is 3.45. The van der Waals surface area contributed by atoms with E-state index < -0.39 is 0 Å². The number of hydrogen-bond acceptors (Lipinski definition) is 3. The molecular weight excluding hydrogens is 218 g/mol. The number of hydrogen-bond donors (Lipinski definition) is 1. The minimum Gasteiger partial charge on any atom is -0.309 e. The zero-order valence-electron chi connectivity index (χ0n) is 10.4. The van der Waals surface area contributed by atoms with Gasteiger partial charge in [-0.2, -0.15) is 16.9 Å². The number of nitrogens with zero attached hydrogens (tertiary/aromatic N) is 2. The molecule has 1 saturated carbocycles. The molecule has 0 saturated heterocycles. The molecule has 0 aromatic carbocycles. The predicted octanol–water partition coefficient (Wildman–Crippen LogP) is 2.45. The lowest BCUT2D eigenvalue weighted by Gasteiger charge is -2.17. The molecule has 0 bridgehead atoms. The highest BCUT2D eigenvalue weighted by atomic mass is 32.2. The second-order valence-electron chi connectivity index (χ2n) is 4.62. The Morgan fingerprint density at radius 1 is 1.62 bits per heavy atom. The highest BCUT2D eigenvalue weighted by Crippen LogP contribution is 2.46. The summed E-state index contributed by atoms with van der Waals surface area (Å²) >= 11 is 2.00. The zero-order valence-corrected chi connectivity index (χ0v) is 11.2. The summed E-state index contributed by atoms with van der Waals surface area (Å²) in [5, 5.41) is 7.92. The lowest BCUT2D eigenvalue weighted by Crippen LogP contribution is -2.28. The number of rotatable bonds is 6. The molecular formula is C12H21N3S. The molecule has 2 rings (SSSR count). The number of aromatic nitrogens is 2. The van der Waals surface area contributed by atoms with E-state index in [0.717, 1.165) is 13.1 Å². The largest absolute Gasteiger partial charge is 0.309 e. The van der Waals surface area contributed by atoms with Crippen molar-refractivity contribution in [3.05, 3.63) is 18.0 Å². The molecule has 0 aliphatic heterocycles. The molecule has 1 aromatic rings. The van der Waals surface area contributed by atoms with E-state index in [9.17, 15) is 0 Å². The summed E-state index contributed by atoms with van der Waals surface area (Å²) in [4.78, 5) is 0. The molecule has 90 valence electrons. The number of nitrogens with one attached hydrogen (secondary N) is 1. The second kappa shape index (κ2) is 4.80. The van der Waals surface area contributed by atoms with Crippen LogP contribution in [-0.2, 0) is 6.54 Å². The molecule has 16 heavy (non-hydrogen) atoms. The first-order chi connectivity index (χ1) is 7.69. The molecule has 1 heterocycles. The highest BCUT2D eigenvalue weighted by molar-refractivity contribution is 8.00. The van der Waals surface area contributed by atoms with Gasteiger partial charge < -0.3 is 5.32 Å². The molecule has 1 N–H and O–H groups in total. The Labute approximate surface area is 102 Å². The predicted molar refractivity (Wildman–Crippen MR) is 69.8 cm³/mol. The average Bonchev–Trinajstić information content (AvgIpc) is 2.94. The molecule has 1 unspecified atom stereocenters. The van der Waals surface area contributed by atoms with Crippen molar-refractivity contribution in [2.45, 2.75) is 44.0 Å². The Kier molecular flexibility index (Phi) is 3.60. The lowest BCUT2D eigenvalue weighted by atomic mass is 10.2. The van der Waals surface area contributed by atoms with Crippen molar-refractivity contribution in [1.29, 1.82) is 0 Å². The van der Waals surface area contributed by atoms with Crippen LogP contribution >= 0.6 is 11.8 Å². The minimum absolute atomic E-state index is 0.407. The first kappa shape index (κ1) is 12.0. The topological polar surface area (TPSA) is 29.9 Å². The third kappa shape index (κ3) is 2.61. The van der Waals surface area contributed by atoms with Crippen LogP contribution in [0.3, 0.4) is 0 Å². The lowest BCUT2D eigenvalue weighted by molar-refractivity contribution is 0.562. The SMILES string of the molecule is CCn1cc(C(C)NCC2(SC)CC2)cn1. The third-order valence-corrected chi connectivity index (χ3v) is 4.87. The first-order valence-electron chi connectivity index (χ1n) is 6.00. The van der Waals surface area contributed by atoms with E-state index in [0.29, 0.717) is 10.8 Å². The minimum atomic E-state index is 0.407. The van der Waals surface area contributed by atoms with Gasteiger partial charge >= 0.3 is 0 Å². The Morgan fingerprint density at radius 2 is 2.38 bits per heavy atom. The van der Waals surface area contributed by atoms with Gasteiger partial charge in [0.2, 0.25) is 0 Å². The van der Waals surface area contributed by atoms with Crippen molar-refractivity contribution < 1.29 is 0 Å². The fourth-order valence-electron chi connectivity index (χ4n) is 1.83. The Bertz CT molecular complexity index is 344. The summed E-state index contributed by atoms with van der Waals surface area (Å²) in [6.07, 6.45) is 9.05. The molecule has 0 radical (unpaired) electrons. The van der Waals surface area contributed by atoms with E-state index >= 15 is 0 Å². The summed E-state index contributed by atoms with van der Waals surface area (Å²) in [6, 6.07) is 0.407. The fraction of sp³-hybridized carbons (Fsp3) is 0.750. The molecule has 1 aliphatic carbocycles. The van der Waals surface area contributed by atoms with Crippen LogP contribution < -0.4 is 5.32 Å². The van der Waals surface area contributed by atoms with Crippen LogP contribution in [-0.4, -0.2) is 27.3 Å². The van der Waals surface area contributed by atoms with E-state index in [1.165, 1.54) is 18.4 Å². The Hall–Kier alpha value is -0.480. The molecule has 0 spiro atoms. The number of thioether (sulfide) groups is 1. The van der Waals surface area contributed by atoms with Crippen molar-refractivity contribution in [3.8, 4) is 0 Å². The summed E-state index contributed by atoms with van der Waals surface area (Å²) in [6.45, 7) is 6.39. The Balaban J connectivity index is 1.85. The van der Waals surface area contributed by atoms with Crippen LogP contribution in [0.15, 0.2) is 12.4 Å². The van der Waals surface area contributed by atoms with E-state index in [2.05, 4.69) is 36.7 Å². The van der Waals surface area contributed by atoms with Gasteiger partial charge in [-0.3, -0.25) is 4.68 Å². The molecule has 3 nitrogen and oxygen atoms in total. The van der Waals surface area contributed by atoms with Crippen LogP contribution in [0.4, 0.5) is 0 Å². The molecule has 0 amide bonds. The quantitative estimate of drug-likeness (QED) is 0.827.